The van der Waals surface area contributed by atoms with E-state index in [1.54, 1.807) is 13.2 Å². The molecule has 8 nitrogen and oxygen atoms in total. The van der Waals surface area contributed by atoms with E-state index < -0.39 is 0 Å². The van der Waals surface area contributed by atoms with Gasteiger partial charge in [-0.25, -0.2) is 14.4 Å². The van der Waals surface area contributed by atoms with Crippen molar-refractivity contribution < 1.29 is 18.7 Å². The molecule has 2 amide bonds. The van der Waals surface area contributed by atoms with E-state index >= 15 is 0 Å². The zero-order valence-corrected chi connectivity index (χ0v) is 18.2. The SMILES string of the molecule is COc1ccc(F)cc1-c1ncnc2[nH]c(C3=CCN(C(=O)C4CCC(=O)NC4)CC3)cc12. The lowest BCUT2D eigenvalue weighted by atomic mass is 9.96. The molecule has 0 saturated carbocycles. The third-order valence-electron chi connectivity index (χ3n) is 6.32. The molecule has 4 heterocycles. The van der Waals surface area contributed by atoms with Gasteiger partial charge in [0, 0.05) is 42.7 Å². The minimum atomic E-state index is -0.370. The number of fused-ring (bicyclic) bond motifs is 1. The largest absolute Gasteiger partial charge is 0.496 e. The van der Waals surface area contributed by atoms with Gasteiger partial charge in [0.1, 0.15) is 23.5 Å². The van der Waals surface area contributed by atoms with E-state index in [0.717, 1.165) is 16.7 Å². The van der Waals surface area contributed by atoms with Crippen LogP contribution in [-0.4, -0.2) is 58.4 Å². The fourth-order valence-corrected chi connectivity index (χ4v) is 4.51. The number of nitrogens with one attached hydrogen (secondary N) is 2. The molecule has 1 fully saturated rings. The number of halogens is 1. The Bertz CT molecular complexity index is 1260. The second kappa shape index (κ2) is 8.65. The van der Waals surface area contributed by atoms with Crippen molar-refractivity contribution in [2.45, 2.75) is 19.3 Å². The van der Waals surface area contributed by atoms with Gasteiger partial charge in [-0.3, -0.25) is 9.59 Å². The van der Waals surface area contributed by atoms with Crippen LogP contribution in [0.1, 0.15) is 25.0 Å². The number of methoxy groups -OCH3 is 1. The van der Waals surface area contributed by atoms with Crippen LogP contribution in [0.15, 0.2) is 36.7 Å². The molecule has 0 bridgehead atoms. The number of hydrogen-bond acceptors (Lipinski definition) is 5. The van der Waals surface area contributed by atoms with Crippen LogP contribution in [0.25, 0.3) is 27.9 Å². The normalized spacial score (nSPS) is 18.7. The maximum absolute atomic E-state index is 14.0. The van der Waals surface area contributed by atoms with Crippen LogP contribution in [0.3, 0.4) is 0 Å². The minimum absolute atomic E-state index is 0.0111. The lowest BCUT2D eigenvalue weighted by Gasteiger charge is -2.31. The number of hydrogen-bond donors (Lipinski definition) is 2. The Morgan fingerprint density at radius 2 is 2.12 bits per heavy atom. The molecule has 0 spiro atoms. The van der Waals surface area contributed by atoms with Crippen LogP contribution in [0, 0.1) is 11.7 Å². The summed E-state index contributed by atoms with van der Waals surface area (Å²) in [5.41, 5.74) is 3.79. The lowest BCUT2D eigenvalue weighted by Crippen LogP contribution is -2.46. The number of ether oxygens (including phenoxy) is 1. The fourth-order valence-electron chi connectivity index (χ4n) is 4.51. The topological polar surface area (TPSA) is 100 Å². The summed E-state index contributed by atoms with van der Waals surface area (Å²) in [7, 11) is 1.54. The number of amides is 2. The first-order valence-electron chi connectivity index (χ1n) is 11.0. The third kappa shape index (κ3) is 4.06. The van der Waals surface area contributed by atoms with Crippen molar-refractivity contribution in [1.29, 1.82) is 0 Å². The highest BCUT2D eigenvalue weighted by Gasteiger charge is 2.29. The molecule has 170 valence electrons. The molecule has 1 atom stereocenters. The Morgan fingerprint density at radius 3 is 2.85 bits per heavy atom. The van der Waals surface area contributed by atoms with Crippen molar-refractivity contribution in [1.82, 2.24) is 25.2 Å². The number of rotatable bonds is 4. The maximum atomic E-state index is 14.0. The van der Waals surface area contributed by atoms with E-state index in [0.29, 0.717) is 61.6 Å². The predicted molar refractivity (Wildman–Crippen MR) is 121 cm³/mol. The Balaban J connectivity index is 1.39. The summed E-state index contributed by atoms with van der Waals surface area (Å²) in [6, 6.07) is 6.31. The van der Waals surface area contributed by atoms with E-state index in [1.807, 2.05) is 17.0 Å². The van der Waals surface area contributed by atoms with Crippen molar-refractivity contribution in [2.75, 3.05) is 26.7 Å². The summed E-state index contributed by atoms with van der Waals surface area (Å²) in [5.74, 6) is 0.116. The van der Waals surface area contributed by atoms with Crippen LogP contribution in [0.5, 0.6) is 5.75 Å². The van der Waals surface area contributed by atoms with E-state index in [9.17, 15) is 14.0 Å². The Hall–Kier alpha value is -3.75. The summed E-state index contributed by atoms with van der Waals surface area (Å²) in [4.78, 5) is 38.1. The molecule has 2 N–H and O–H groups in total. The molecule has 1 aromatic carbocycles. The Morgan fingerprint density at radius 1 is 1.24 bits per heavy atom. The van der Waals surface area contributed by atoms with Gasteiger partial charge in [0.05, 0.1) is 18.7 Å². The second-order valence-electron chi connectivity index (χ2n) is 8.32. The molecule has 2 aromatic heterocycles. The number of aromatic amines is 1. The van der Waals surface area contributed by atoms with Crippen molar-refractivity contribution >= 4 is 28.4 Å². The summed E-state index contributed by atoms with van der Waals surface area (Å²) < 4.78 is 19.4. The highest BCUT2D eigenvalue weighted by atomic mass is 19.1. The quantitative estimate of drug-likeness (QED) is 0.638. The maximum Gasteiger partial charge on any atom is 0.227 e. The lowest BCUT2D eigenvalue weighted by molar-refractivity contribution is -0.137. The number of H-pyrrole nitrogens is 1. The van der Waals surface area contributed by atoms with Gasteiger partial charge < -0.3 is 19.9 Å². The van der Waals surface area contributed by atoms with Gasteiger partial charge in [-0.2, -0.15) is 0 Å². The van der Waals surface area contributed by atoms with Crippen molar-refractivity contribution in [2.24, 2.45) is 5.92 Å². The molecule has 1 unspecified atom stereocenters. The molecule has 2 aliphatic rings. The van der Waals surface area contributed by atoms with Gasteiger partial charge in [0.25, 0.3) is 0 Å². The molecule has 0 radical (unpaired) electrons. The molecule has 0 aliphatic carbocycles. The number of benzene rings is 1. The highest BCUT2D eigenvalue weighted by molar-refractivity contribution is 5.95. The summed E-state index contributed by atoms with van der Waals surface area (Å²) in [5, 5.41) is 3.55. The van der Waals surface area contributed by atoms with Gasteiger partial charge in [0.2, 0.25) is 11.8 Å². The standard InChI is InChI=1S/C24H24FN5O3/c1-33-20-4-3-16(25)10-17(20)22-18-11-19(29-23(18)28-13-27-22)14-6-8-30(9-7-14)24(32)15-2-5-21(31)26-12-15/h3-4,6,10-11,13,15H,2,5,7-9,12H2,1H3,(H,26,31)(H,27,28,29). The number of carbonyl (C=O) groups excluding carboxylic acids is 2. The minimum Gasteiger partial charge on any atom is -0.496 e. The van der Waals surface area contributed by atoms with E-state index in [-0.39, 0.29) is 23.5 Å². The Kier molecular flexibility index (Phi) is 5.53. The van der Waals surface area contributed by atoms with Crippen molar-refractivity contribution in [3.05, 3.63) is 48.2 Å². The van der Waals surface area contributed by atoms with E-state index in [2.05, 4.69) is 20.3 Å². The first kappa shape index (κ1) is 21.1. The Labute approximate surface area is 189 Å². The molecular formula is C24H24FN5O3. The van der Waals surface area contributed by atoms with Gasteiger partial charge in [-0.05, 0) is 42.7 Å². The highest BCUT2D eigenvalue weighted by Crippen LogP contribution is 2.35. The van der Waals surface area contributed by atoms with Crippen LogP contribution in [0.4, 0.5) is 4.39 Å². The first-order valence-corrected chi connectivity index (χ1v) is 11.0. The fraction of sp³-hybridized carbons (Fsp3) is 0.333. The first-order chi connectivity index (χ1) is 16.0. The van der Waals surface area contributed by atoms with E-state index in [1.165, 1.54) is 18.5 Å². The number of nitrogens with zero attached hydrogens (tertiary/aromatic N) is 3. The van der Waals surface area contributed by atoms with Gasteiger partial charge in [-0.1, -0.05) is 6.08 Å². The summed E-state index contributed by atoms with van der Waals surface area (Å²) >= 11 is 0. The van der Waals surface area contributed by atoms with E-state index in [4.69, 9.17) is 4.74 Å². The van der Waals surface area contributed by atoms with Crippen molar-refractivity contribution in [3.63, 3.8) is 0 Å². The number of piperidine rings is 1. The van der Waals surface area contributed by atoms with Crippen LogP contribution in [0.2, 0.25) is 0 Å². The summed E-state index contributed by atoms with van der Waals surface area (Å²) in [6.07, 6.45) is 5.19. The molecule has 9 heteroatoms. The van der Waals surface area contributed by atoms with Gasteiger partial charge >= 0.3 is 0 Å². The average Bonchev–Trinajstić information content (AvgIpc) is 3.29. The molecule has 3 aromatic rings. The van der Waals surface area contributed by atoms with Gasteiger partial charge in [0.15, 0.2) is 0 Å². The predicted octanol–water partition coefficient (Wildman–Crippen LogP) is 2.91. The zero-order chi connectivity index (χ0) is 22.9. The molecule has 5 rings (SSSR count). The molecule has 1 saturated heterocycles. The molecular weight excluding hydrogens is 425 g/mol. The van der Waals surface area contributed by atoms with Gasteiger partial charge in [-0.15, -0.1) is 0 Å². The van der Waals surface area contributed by atoms with Crippen LogP contribution < -0.4 is 10.1 Å². The molecule has 2 aliphatic heterocycles. The zero-order valence-electron chi connectivity index (χ0n) is 18.2. The monoisotopic (exact) mass is 449 g/mol. The molecule has 33 heavy (non-hydrogen) atoms. The van der Waals surface area contributed by atoms with Crippen LogP contribution in [-0.2, 0) is 9.59 Å². The van der Waals surface area contributed by atoms with Crippen LogP contribution >= 0.6 is 0 Å². The summed E-state index contributed by atoms with van der Waals surface area (Å²) in [6.45, 7) is 1.54. The number of aromatic nitrogens is 3. The average molecular weight is 449 g/mol. The number of carbonyl (C=O) groups is 2. The van der Waals surface area contributed by atoms with Crippen molar-refractivity contribution in [3.8, 4) is 17.0 Å². The second-order valence-corrected chi connectivity index (χ2v) is 8.32. The third-order valence-corrected chi connectivity index (χ3v) is 6.32. The smallest absolute Gasteiger partial charge is 0.227 e.